The van der Waals surface area contributed by atoms with Crippen molar-refractivity contribution < 1.29 is 0 Å². The molecule has 9 aromatic carbocycles. The van der Waals surface area contributed by atoms with Crippen molar-refractivity contribution in [3.63, 3.8) is 0 Å². The van der Waals surface area contributed by atoms with Gasteiger partial charge in [0.2, 0.25) is 0 Å². The lowest BCUT2D eigenvalue weighted by Crippen LogP contribution is -2.09. The van der Waals surface area contributed by atoms with Crippen LogP contribution >= 0.6 is 0 Å². The molecule has 0 radical (unpaired) electrons. The van der Waals surface area contributed by atoms with Gasteiger partial charge in [-0.05, 0) is 86.6 Å². The lowest BCUT2D eigenvalue weighted by atomic mass is 9.95. The Morgan fingerprint density at radius 3 is 1.58 bits per heavy atom. The molecule has 0 N–H and O–H groups in total. The Morgan fingerprint density at radius 1 is 0.321 bits per heavy atom. The summed E-state index contributed by atoms with van der Waals surface area (Å²) < 4.78 is 0. The van der Waals surface area contributed by atoms with Crippen LogP contribution in [0.4, 0.5) is 17.1 Å². The summed E-state index contributed by atoms with van der Waals surface area (Å²) in [6.45, 7) is 0. The highest BCUT2D eigenvalue weighted by molar-refractivity contribution is 6.19. The minimum absolute atomic E-state index is 0.882. The van der Waals surface area contributed by atoms with Crippen LogP contribution in [0.5, 0.6) is 0 Å². The van der Waals surface area contributed by atoms with Gasteiger partial charge in [0.25, 0.3) is 0 Å². The third-order valence-electron chi connectivity index (χ3n) is 10.2. The van der Waals surface area contributed by atoms with E-state index in [1.54, 1.807) is 0 Å². The molecule has 0 aliphatic rings. The van der Waals surface area contributed by atoms with Gasteiger partial charge in [0.15, 0.2) is 0 Å². The maximum Gasteiger partial charge on any atom is 0.0979 e. The molecule has 248 valence electrons. The Balaban J connectivity index is 1.11. The maximum absolute atomic E-state index is 5.44. The van der Waals surface area contributed by atoms with Crippen molar-refractivity contribution in [2.24, 2.45) is 0 Å². The SMILES string of the molecule is c1ccc(-c2nc3ccc4ccc5ccc(-c6ccc(N(c7ccccc7)c7ccc8ccccc8c7)cc6)cc5c4c3nc2-c2ccccc2)cc1. The number of hydrogen-bond acceptors (Lipinski definition) is 3. The van der Waals surface area contributed by atoms with Crippen LogP contribution in [-0.2, 0) is 0 Å². The summed E-state index contributed by atoms with van der Waals surface area (Å²) >= 11 is 0. The van der Waals surface area contributed by atoms with Crippen molar-refractivity contribution in [3.05, 3.63) is 200 Å². The normalized spacial score (nSPS) is 11.4. The summed E-state index contributed by atoms with van der Waals surface area (Å²) in [4.78, 5) is 13.0. The molecule has 1 aromatic heterocycles. The molecule has 53 heavy (non-hydrogen) atoms. The average molecular weight is 676 g/mol. The number of rotatable bonds is 6. The molecule has 10 rings (SSSR count). The third-order valence-corrected chi connectivity index (χ3v) is 10.2. The topological polar surface area (TPSA) is 29.0 Å². The first kappa shape index (κ1) is 30.7. The van der Waals surface area contributed by atoms with Gasteiger partial charge in [0, 0.05) is 33.6 Å². The van der Waals surface area contributed by atoms with Crippen molar-refractivity contribution in [3.8, 4) is 33.6 Å². The van der Waals surface area contributed by atoms with Gasteiger partial charge in [-0.3, -0.25) is 0 Å². The van der Waals surface area contributed by atoms with E-state index in [2.05, 4.69) is 193 Å². The van der Waals surface area contributed by atoms with Gasteiger partial charge in [-0.25, -0.2) is 9.97 Å². The van der Waals surface area contributed by atoms with E-state index in [1.165, 1.54) is 16.2 Å². The molecule has 1 heterocycles. The first-order chi connectivity index (χ1) is 26.3. The molecule has 3 heteroatoms. The molecular formula is C50H33N3. The molecule has 0 atom stereocenters. The largest absolute Gasteiger partial charge is 0.310 e. The highest BCUT2D eigenvalue weighted by Crippen LogP contribution is 2.39. The lowest BCUT2D eigenvalue weighted by Gasteiger charge is -2.26. The second-order valence-corrected chi connectivity index (χ2v) is 13.4. The molecule has 0 saturated heterocycles. The smallest absolute Gasteiger partial charge is 0.0979 e. The van der Waals surface area contributed by atoms with Crippen LogP contribution in [0.3, 0.4) is 0 Å². The van der Waals surface area contributed by atoms with E-state index in [0.29, 0.717) is 0 Å². The molecule has 0 aliphatic carbocycles. The van der Waals surface area contributed by atoms with Gasteiger partial charge in [-0.15, -0.1) is 0 Å². The van der Waals surface area contributed by atoms with Gasteiger partial charge in [-0.2, -0.15) is 0 Å². The second-order valence-electron chi connectivity index (χ2n) is 13.4. The molecule has 0 aliphatic heterocycles. The first-order valence-electron chi connectivity index (χ1n) is 18.0. The fourth-order valence-electron chi connectivity index (χ4n) is 7.57. The predicted molar refractivity (Wildman–Crippen MR) is 223 cm³/mol. The molecule has 10 aromatic rings. The Bertz CT molecular complexity index is 2920. The van der Waals surface area contributed by atoms with Gasteiger partial charge in [0.05, 0.1) is 22.4 Å². The molecule has 0 unspecified atom stereocenters. The van der Waals surface area contributed by atoms with Crippen molar-refractivity contribution in [1.29, 1.82) is 0 Å². The van der Waals surface area contributed by atoms with Crippen LogP contribution < -0.4 is 4.90 Å². The molecule has 0 saturated carbocycles. The number of nitrogens with zero attached hydrogens (tertiary/aromatic N) is 3. The summed E-state index contributed by atoms with van der Waals surface area (Å²) in [5.41, 5.74) is 11.3. The summed E-state index contributed by atoms with van der Waals surface area (Å²) in [6, 6.07) is 70.9. The number of benzene rings is 9. The monoisotopic (exact) mass is 675 g/mol. The van der Waals surface area contributed by atoms with Crippen LogP contribution in [0.1, 0.15) is 0 Å². The van der Waals surface area contributed by atoms with E-state index in [-0.39, 0.29) is 0 Å². The van der Waals surface area contributed by atoms with Crippen molar-refractivity contribution >= 4 is 60.4 Å². The van der Waals surface area contributed by atoms with Crippen molar-refractivity contribution in [2.45, 2.75) is 0 Å². The van der Waals surface area contributed by atoms with Gasteiger partial charge < -0.3 is 4.90 Å². The minimum Gasteiger partial charge on any atom is -0.310 e. The van der Waals surface area contributed by atoms with E-state index < -0.39 is 0 Å². The predicted octanol–water partition coefficient (Wildman–Crippen LogP) is 13.6. The zero-order chi connectivity index (χ0) is 35.1. The Labute approximate surface area is 308 Å². The zero-order valence-corrected chi connectivity index (χ0v) is 28.9. The van der Waals surface area contributed by atoms with E-state index >= 15 is 0 Å². The standard InChI is InChI=1S/C50H33N3/c1-4-13-38(14-5-1)48-49(39-15-6-2-7-16-39)52-50-46(51-48)31-27-37-22-20-36-21-23-41(33-45(36)47(37)50)35-24-28-43(29-25-35)53(42-18-8-3-9-19-42)44-30-26-34-12-10-11-17-40(34)32-44/h1-33H. The molecular weight excluding hydrogens is 643 g/mol. The van der Waals surface area contributed by atoms with E-state index in [9.17, 15) is 0 Å². The zero-order valence-electron chi connectivity index (χ0n) is 28.9. The Kier molecular flexibility index (Phi) is 7.47. The van der Waals surface area contributed by atoms with Gasteiger partial charge >= 0.3 is 0 Å². The van der Waals surface area contributed by atoms with Crippen LogP contribution in [0.15, 0.2) is 200 Å². The summed E-state index contributed by atoms with van der Waals surface area (Å²) in [6.07, 6.45) is 0. The average Bonchev–Trinajstić information content (AvgIpc) is 3.24. The van der Waals surface area contributed by atoms with Gasteiger partial charge in [0.1, 0.15) is 0 Å². The fraction of sp³-hybridized carbons (Fsp3) is 0. The van der Waals surface area contributed by atoms with Crippen LogP contribution in [0, 0.1) is 0 Å². The Hall–Kier alpha value is -7.10. The number of hydrogen-bond donors (Lipinski definition) is 0. The number of aromatic nitrogens is 2. The van der Waals surface area contributed by atoms with Gasteiger partial charge in [-0.1, -0.05) is 152 Å². The summed E-state index contributed by atoms with van der Waals surface area (Å²) in [5, 5.41) is 7.05. The van der Waals surface area contributed by atoms with Crippen LogP contribution in [0.25, 0.3) is 77.0 Å². The fourth-order valence-corrected chi connectivity index (χ4v) is 7.57. The first-order valence-corrected chi connectivity index (χ1v) is 18.0. The van der Waals surface area contributed by atoms with E-state index in [1.807, 2.05) is 12.1 Å². The number of fused-ring (bicyclic) bond motifs is 6. The highest BCUT2D eigenvalue weighted by atomic mass is 15.1. The number of anilines is 3. The second kappa shape index (κ2) is 12.9. The molecule has 0 fully saturated rings. The van der Waals surface area contributed by atoms with Crippen LogP contribution in [0.2, 0.25) is 0 Å². The minimum atomic E-state index is 0.882. The number of para-hydroxylation sites is 1. The summed E-state index contributed by atoms with van der Waals surface area (Å²) in [5.74, 6) is 0. The molecule has 3 nitrogen and oxygen atoms in total. The van der Waals surface area contributed by atoms with Crippen LogP contribution in [-0.4, -0.2) is 9.97 Å². The maximum atomic E-state index is 5.44. The summed E-state index contributed by atoms with van der Waals surface area (Å²) in [7, 11) is 0. The highest BCUT2D eigenvalue weighted by Gasteiger charge is 2.17. The van der Waals surface area contributed by atoms with E-state index in [0.717, 1.165) is 77.9 Å². The third kappa shape index (κ3) is 5.56. The van der Waals surface area contributed by atoms with E-state index in [4.69, 9.17) is 9.97 Å². The molecule has 0 bridgehead atoms. The molecule has 0 amide bonds. The van der Waals surface area contributed by atoms with Crippen molar-refractivity contribution in [1.82, 2.24) is 9.97 Å². The molecule has 0 spiro atoms. The quantitative estimate of drug-likeness (QED) is 0.164. The van der Waals surface area contributed by atoms with Crippen molar-refractivity contribution in [2.75, 3.05) is 4.90 Å². The lowest BCUT2D eigenvalue weighted by molar-refractivity contribution is 1.29. The Morgan fingerprint density at radius 2 is 0.849 bits per heavy atom.